The Labute approximate surface area is 148 Å². The molecule has 1 amide bonds. The van der Waals surface area contributed by atoms with Crippen LogP contribution < -0.4 is 10.1 Å². The highest BCUT2D eigenvalue weighted by Gasteiger charge is 2.16. The van der Waals surface area contributed by atoms with Gasteiger partial charge in [0.2, 0.25) is 0 Å². The Morgan fingerprint density at radius 2 is 1.56 bits per heavy atom. The minimum absolute atomic E-state index is 0.149. The maximum Gasteiger partial charge on any atom is 0.259 e. The predicted octanol–water partition coefficient (Wildman–Crippen LogP) is 5.42. The molecule has 0 spiro atoms. The number of carbonyl (C=O) groups excluding carboxylic acids is 1. The van der Waals surface area contributed by atoms with Gasteiger partial charge in [0.05, 0.1) is 12.2 Å². The van der Waals surface area contributed by atoms with E-state index in [0.29, 0.717) is 17.9 Å². The summed E-state index contributed by atoms with van der Waals surface area (Å²) in [5.74, 6) is 0.463. The maximum absolute atomic E-state index is 13.0. The van der Waals surface area contributed by atoms with Gasteiger partial charge in [0.25, 0.3) is 5.91 Å². The van der Waals surface area contributed by atoms with E-state index in [1.54, 1.807) is 0 Å². The van der Waals surface area contributed by atoms with Crippen LogP contribution >= 0.6 is 0 Å². The van der Waals surface area contributed by atoms with E-state index >= 15 is 0 Å². The Kier molecular flexibility index (Phi) is 4.75. The van der Waals surface area contributed by atoms with Gasteiger partial charge in [-0.25, -0.2) is 0 Å². The molecule has 0 saturated carbocycles. The van der Waals surface area contributed by atoms with Crippen molar-refractivity contribution in [2.75, 3.05) is 11.9 Å². The molecule has 0 heterocycles. The highest BCUT2D eigenvalue weighted by atomic mass is 16.5. The predicted molar refractivity (Wildman–Crippen MR) is 104 cm³/mol. The molecule has 1 N–H and O–H groups in total. The fraction of sp³-hybridized carbons (Fsp3) is 0.227. The van der Waals surface area contributed by atoms with Crippen molar-refractivity contribution < 1.29 is 9.53 Å². The fourth-order valence-corrected chi connectivity index (χ4v) is 3.23. The number of benzene rings is 3. The van der Waals surface area contributed by atoms with Crippen LogP contribution in [0.25, 0.3) is 10.8 Å². The monoisotopic (exact) mass is 333 g/mol. The third-order valence-electron chi connectivity index (χ3n) is 4.31. The average molecular weight is 333 g/mol. The number of fused-ring (bicyclic) bond motifs is 1. The van der Waals surface area contributed by atoms with Crippen LogP contribution in [0.4, 0.5) is 5.69 Å². The van der Waals surface area contributed by atoms with Gasteiger partial charge >= 0.3 is 0 Å². The van der Waals surface area contributed by atoms with Crippen LogP contribution in [0.2, 0.25) is 0 Å². The summed E-state index contributed by atoms with van der Waals surface area (Å²) in [4.78, 5) is 13.0. The quantitative estimate of drug-likeness (QED) is 0.692. The molecule has 0 aliphatic heterocycles. The number of ether oxygens (including phenoxy) is 1. The van der Waals surface area contributed by atoms with Crippen molar-refractivity contribution in [3.05, 3.63) is 70.8 Å². The maximum atomic E-state index is 13.0. The average Bonchev–Trinajstić information content (AvgIpc) is 2.57. The number of amides is 1. The van der Waals surface area contributed by atoms with Crippen molar-refractivity contribution in [1.82, 2.24) is 0 Å². The first-order valence-electron chi connectivity index (χ1n) is 8.54. The Balaban J connectivity index is 2.03. The molecular formula is C22H23NO2. The van der Waals surface area contributed by atoms with Crippen LogP contribution in [-0.4, -0.2) is 12.5 Å². The van der Waals surface area contributed by atoms with E-state index in [9.17, 15) is 4.79 Å². The van der Waals surface area contributed by atoms with Crippen molar-refractivity contribution >= 4 is 22.4 Å². The van der Waals surface area contributed by atoms with Crippen LogP contribution in [0, 0.1) is 20.8 Å². The zero-order chi connectivity index (χ0) is 18.0. The Morgan fingerprint density at radius 1 is 0.960 bits per heavy atom. The second-order valence-corrected chi connectivity index (χ2v) is 6.36. The van der Waals surface area contributed by atoms with Crippen LogP contribution in [0.1, 0.15) is 34.0 Å². The summed E-state index contributed by atoms with van der Waals surface area (Å²) in [5, 5.41) is 5.15. The molecule has 3 aromatic carbocycles. The molecule has 0 bridgehead atoms. The molecule has 0 aliphatic rings. The number of rotatable bonds is 4. The first kappa shape index (κ1) is 17.0. The lowest BCUT2D eigenvalue weighted by molar-refractivity contribution is 0.102. The molecule has 0 aromatic heterocycles. The summed E-state index contributed by atoms with van der Waals surface area (Å²) >= 11 is 0. The van der Waals surface area contributed by atoms with E-state index in [2.05, 4.69) is 24.4 Å². The summed E-state index contributed by atoms with van der Waals surface area (Å²) in [6.07, 6.45) is 0. The SMILES string of the molecule is CCOc1cc2ccccc2cc1C(=O)Nc1c(C)cc(C)cc1C. The van der Waals surface area contributed by atoms with Gasteiger partial charge in [0.15, 0.2) is 0 Å². The van der Waals surface area contributed by atoms with Gasteiger partial charge in [-0.1, -0.05) is 42.0 Å². The van der Waals surface area contributed by atoms with Gasteiger partial charge in [-0.2, -0.15) is 0 Å². The van der Waals surface area contributed by atoms with Crippen molar-refractivity contribution in [3.8, 4) is 5.75 Å². The highest BCUT2D eigenvalue weighted by molar-refractivity contribution is 6.09. The van der Waals surface area contributed by atoms with Gasteiger partial charge in [-0.05, 0) is 61.7 Å². The topological polar surface area (TPSA) is 38.3 Å². The largest absolute Gasteiger partial charge is 0.493 e. The zero-order valence-electron chi connectivity index (χ0n) is 15.1. The van der Waals surface area contributed by atoms with E-state index in [-0.39, 0.29) is 5.91 Å². The second kappa shape index (κ2) is 6.98. The molecular weight excluding hydrogens is 310 g/mol. The van der Waals surface area contributed by atoms with Crippen molar-refractivity contribution in [2.45, 2.75) is 27.7 Å². The van der Waals surface area contributed by atoms with E-state index < -0.39 is 0 Å². The number of nitrogens with one attached hydrogen (secondary N) is 1. The molecule has 3 nitrogen and oxygen atoms in total. The van der Waals surface area contributed by atoms with E-state index in [1.807, 2.05) is 57.2 Å². The normalized spacial score (nSPS) is 10.7. The smallest absolute Gasteiger partial charge is 0.259 e. The number of aryl methyl sites for hydroxylation is 3. The van der Waals surface area contributed by atoms with Gasteiger partial charge < -0.3 is 10.1 Å². The minimum atomic E-state index is -0.149. The lowest BCUT2D eigenvalue weighted by Gasteiger charge is -2.15. The van der Waals surface area contributed by atoms with Crippen LogP contribution in [0.5, 0.6) is 5.75 Å². The number of hydrogen-bond acceptors (Lipinski definition) is 2. The molecule has 0 atom stereocenters. The first-order valence-corrected chi connectivity index (χ1v) is 8.54. The van der Waals surface area contributed by atoms with Gasteiger partial charge in [0.1, 0.15) is 5.75 Å². The molecule has 0 aliphatic carbocycles. The summed E-state index contributed by atoms with van der Waals surface area (Å²) < 4.78 is 5.72. The van der Waals surface area contributed by atoms with Crippen LogP contribution in [0.3, 0.4) is 0 Å². The Hall–Kier alpha value is -2.81. The fourth-order valence-electron chi connectivity index (χ4n) is 3.23. The lowest BCUT2D eigenvalue weighted by atomic mass is 10.0. The number of anilines is 1. The molecule has 128 valence electrons. The molecule has 0 radical (unpaired) electrons. The number of hydrogen-bond donors (Lipinski definition) is 1. The van der Waals surface area contributed by atoms with Crippen LogP contribution in [0.15, 0.2) is 48.5 Å². The summed E-state index contributed by atoms with van der Waals surface area (Å²) in [6.45, 7) is 8.52. The Morgan fingerprint density at radius 3 is 2.16 bits per heavy atom. The third-order valence-corrected chi connectivity index (χ3v) is 4.31. The zero-order valence-corrected chi connectivity index (χ0v) is 15.1. The lowest BCUT2D eigenvalue weighted by Crippen LogP contribution is -2.15. The molecule has 0 fully saturated rings. The first-order chi connectivity index (χ1) is 12.0. The standard InChI is InChI=1S/C22H23NO2/c1-5-25-20-13-18-9-7-6-8-17(18)12-19(20)22(24)23-21-15(3)10-14(2)11-16(21)4/h6-13H,5H2,1-4H3,(H,23,24). The third kappa shape index (κ3) is 3.50. The summed E-state index contributed by atoms with van der Waals surface area (Å²) in [5.41, 5.74) is 4.73. The van der Waals surface area contributed by atoms with Gasteiger partial charge in [0, 0.05) is 5.69 Å². The molecule has 3 aromatic rings. The van der Waals surface area contributed by atoms with Crippen molar-refractivity contribution in [1.29, 1.82) is 0 Å². The van der Waals surface area contributed by atoms with Crippen molar-refractivity contribution in [2.24, 2.45) is 0 Å². The van der Waals surface area contributed by atoms with Crippen LogP contribution in [-0.2, 0) is 0 Å². The second-order valence-electron chi connectivity index (χ2n) is 6.36. The molecule has 3 rings (SSSR count). The molecule has 0 saturated heterocycles. The molecule has 0 unspecified atom stereocenters. The molecule has 3 heteroatoms. The Bertz CT molecular complexity index is 921. The van der Waals surface area contributed by atoms with Gasteiger partial charge in [-0.15, -0.1) is 0 Å². The molecule has 25 heavy (non-hydrogen) atoms. The van der Waals surface area contributed by atoms with E-state index in [4.69, 9.17) is 4.74 Å². The number of carbonyl (C=O) groups is 1. The van der Waals surface area contributed by atoms with Crippen molar-refractivity contribution in [3.63, 3.8) is 0 Å². The van der Waals surface area contributed by atoms with E-state index in [1.165, 1.54) is 5.56 Å². The van der Waals surface area contributed by atoms with Gasteiger partial charge in [-0.3, -0.25) is 4.79 Å². The summed E-state index contributed by atoms with van der Waals surface area (Å²) in [7, 11) is 0. The van der Waals surface area contributed by atoms with E-state index in [0.717, 1.165) is 27.6 Å². The minimum Gasteiger partial charge on any atom is -0.493 e. The highest BCUT2D eigenvalue weighted by Crippen LogP contribution is 2.28. The summed E-state index contributed by atoms with van der Waals surface area (Å²) in [6, 6.07) is 16.0.